The number of aromatic nitrogens is 3. The van der Waals surface area contributed by atoms with Gasteiger partial charge in [0.15, 0.2) is 11.6 Å². The lowest BCUT2D eigenvalue weighted by molar-refractivity contribution is 0.386. The molecule has 0 amide bonds. The Hall–Kier alpha value is -2.11. The van der Waals surface area contributed by atoms with Crippen molar-refractivity contribution in [3.8, 4) is 5.75 Å². The third kappa shape index (κ3) is 3.46. The summed E-state index contributed by atoms with van der Waals surface area (Å²) in [5.41, 5.74) is 0.683. The second kappa shape index (κ2) is 6.36. The number of nitrogens with zero attached hydrogens (tertiary/aromatic N) is 3. The van der Waals surface area contributed by atoms with E-state index in [9.17, 15) is 4.39 Å². The lowest BCUT2D eigenvalue weighted by Gasteiger charge is -2.10. The van der Waals surface area contributed by atoms with Crippen molar-refractivity contribution in [1.29, 1.82) is 0 Å². The molecule has 0 aliphatic heterocycles. The average molecular weight is 278 g/mol. The van der Waals surface area contributed by atoms with Crippen LogP contribution in [-0.2, 0) is 13.1 Å². The van der Waals surface area contributed by atoms with Crippen LogP contribution in [0, 0.1) is 11.7 Å². The quantitative estimate of drug-likeness (QED) is 0.882. The third-order valence-corrected chi connectivity index (χ3v) is 2.84. The highest BCUT2D eigenvalue weighted by atomic mass is 19.1. The van der Waals surface area contributed by atoms with Crippen LogP contribution in [0.25, 0.3) is 0 Å². The van der Waals surface area contributed by atoms with Gasteiger partial charge in [0, 0.05) is 18.3 Å². The largest absolute Gasteiger partial charge is 0.494 e. The lowest BCUT2D eigenvalue weighted by Crippen LogP contribution is -2.13. The highest BCUT2D eigenvalue weighted by Gasteiger charge is 2.07. The van der Waals surface area contributed by atoms with Crippen molar-refractivity contribution in [3.05, 3.63) is 36.2 Å². The van der Waals surface area contributed by atoms with Crippen molar-refractivity contribution in [2.75, 3.05) is 12.4 Å². The van der Waals surface area contributed by atoms with Crippen LogP contribution in [0.1, 0.15) is 19.7 Å². The zero-order chi connectivity index (χ0) is 14.5. The molecule has 1 N–H and O–H groups in total. The van der Waals surface area contributed by atoms with Crippen LogP contribution >= 0.6 is 0 Å². The summed E-state index contributed by atoms with van der Waals surface area (Å²) in [5, 5.41) is 7.32. The molecular weight excluding hydrogens is 259 g/mol. The maximum Gasteiger partial charge on any atom is 0.167 e. The van der Waals surface area contributed by atoms with Crippen LogP contribution in [-0.4, -0.2) is 21.9 Å². The van der Waals surface area contributed by atoms with E-state index in [0.717, 1.165) is 12.4 Å². The van der Waals surface area contributed by atoms with Crippen molar-refractivity contribution < 1.29 is 9.13 Å². The van der Waals surface area contributed by atoms with E-state index < -0.39 is 0 Å². The summed E-state index contributed by atoms with van der Waals surface area (Å²) in [5.74, 6) is 1.17. The van der Waals surface area contributed by atoms with Gasteiger partial charge in [0.25, 0.3) is 0 Å². The second-order valence-electron chi connectivity index (χ2n) is 4.96. The van der Waals surface area contributed by atoms with Gasteiger partial charge in [0.1, 0.15) is 12.2 Å². The van der Waals surface area contributed by atoms with Crippen molar-refractivity contribution >= 4 is 5.69 Å². The number of anilines is 1. The molecule has 1 aromatic carbocycles. The Morgan fingerprint density at radius 3 is 2.85 bits per heavy atom. The van der Waals surface area contributed by atoms with E-state index in [2.05, 4.69) is 29.2 Å². The fourth-order valence-electron chi connectivity index (χ4n) is 1.88. The summed E-state index contributed by atoms with van der Waals surface area (Å²) in [6, 6.07) is 4.77. The Morgan fingerprint density at radius 2 is 2.20 bits per heavy atom. The van der Waals surface area contributed by atoms with E-state index in [1.807, 2.05) is 4.68 Å². The van der Waals surface area contributed by atoms with Gasteiger partial charge in [0.2, 0.25) is 0 Å². The van der Waals surface area contributed by atoms with Crippen LogP contribution < -0.4 is 10.1 Å². The maximum atomic E-state index is 13.6. The average Bonchev–Trinajstić information content (AvgIpc) is 2.83. The Morgan fingerprint density at radius 1 is 1.40 bits per heavy atom. The first-order chi connectivity index (χ1) is 9.60. The van der Waals surface area contributed by atoms with E-state index in [-0.39, 0.29) is 11.6 Å². The fourth-order valence-corrected chi connectivity index (χ4v) is 1.88. The Bertz CT molecular complexity index is 568. The SMILES string of the molecule is COc1ccc(NCc2ncnn2CC(C)C)cc1F. The summed E-state index contributed by atoms with van der Waals surface area (Å²) in [7, 11) is 1.44. The molecule has 0 aliphatic rings. The van der Waals surface area contributed by atoms with Crippen LogP contribution in [0.15, 0.2) is 24.5 Å². The van der Waals surface area contributed by atoms with Crippen molar-refractivity contribution in [2.24, 2.45) is 5.92 Å². The number of halogens is 1. The zero-order valence-corrected chi connectivity index (χ0v) is 11.9. The van der Waals surface area contributed by atoms with Crippen molar-refractivity contribution in [3.63, 3.8) is 0 Å². The summed E-state index contributed by atoms with van der Waals surface area (Å²) in [6.07, 6.45) is 1.54. The van der Waals surface area contributed by atoms with Gasteiger partial charge >= 0.3 is 0 Å². The maximum absolute atomic E-state index is 13.6. The van der Waals surface area contributed by atoms with Crippen LogP contribution in [0.4, 0.5) is 10.1 Å². The summed E-state index contributed by atoms with van der Waals surface area (Å²) < 4.78 is 20.3. The smallest absolute Gasteiger partial charge is 0.167 e. The monoisotopic (exact) mass is 278 g/mol. The fraction of sp³-hybridized carbons (Fsp3) is 0.429. The van der Waals surface area contributed by atoms with Gasteiger partial charge in [-0.15, -0.1) is 0 Å². The van der Waals surface area contributed by atoms with Gasteiger partial charge in [-0.3, -0.25) is 0 Å². The molecule has 0 aliphatic carbocycles. The number of hydrogen-bond acceptors (Lipinski definition) is 4. The molecule has 0 saturated carbocycles. The second-order valence-corrected chi connectivity index (χ2v) is 4.96. The molecular formula is C14H19FN4O. The molecule has 0 bridgehead atoms. The minimum atomic E-state index is -0.388. The van der Waals surface area contributed by atoms with E-state index in [4.69, 9.17) is 4.74 Å². The standard InChI is InChI=1S/C14H19FN4O/c1-10(2)8-19-14(17-9-18-19)7-16-11-4-5-13(20-3)12(15)6-11/h4-6,9-10,16H,7-8H2,1-3H3. The minimum Gasteiger partial charge on any atom is -0.494 e. The van der Waals surface area contributed by atoms with Gasteiger partial charge in [-0.05, 0) is 18.1 Å². The van der Waals surface area contributed by atoms with Gasteiger partial charge in [-0.1, -0.05) is 13.8 Å². The van der Waals surface area contributed by atoms with Crippen LogP contribution in [0.3, 0.4) is 0 Å². The molecule has 1 heterocycles. The zero-order valence-electron chi connectivity index (χ0n) is 11.9. The minimum absolute atomic E-state index is 0.235. The van der Waals surface area contributed by atoms with Gasteiger partial charge in [-0.2, -0.15) is 5.10 Å². The highest BCUT2D eigenvalue weighted by Crippen LogP contribution is 2.20. The topological polar surface area (TPSA) is 52.0 Å². The molecule has 0 fully saturated rings. The van der Waals surface area contributed by atoms with E-state index in [1.165, 1.54) is 19.5 Å². The lowest BCUT2D eigenvalue weighted by atomic mass is 10.2. The molecule has 6 heteroatoms. The van der Waals surface area contributed by atoms with E-state index in [0.29, 0.717) is 18.2 Å². The van der Waals surface area contributed by atoms with Crippen LogP contribution in [0.5, 0.6) is 5.75 Å². The summed E-state index contributed by atoms with van der Waals surface area (Å²) in [4.78, 5) is 4.21. The predicted octanol–water partition coefficient (Wildman–Crippen LogP) is 2.69. The van der Waals surface area contributed by atoms with Gasteiger partial charge in [0.05, 0.1) is 13.7 Å². The number of methoxy groups -OCH3 is 1. The Labute approximate surface area is 117 Å². The van der Waals surface area contributed by atoms with E-state index >= 15 is 0 Å². The molecule has 0 radical (unpaired) electrons. The molecule has 108 valence electrons. The Kier molecular flexibility index (Phi) is 4.55. The highest BCUT2D eigenvalue weighted by molar-refractivity contribution is 5.47. The number of nitrogens with one attached hydrogen (secondary N) is 1. The molecule has 0 unspecified atom stereocenters. The van der Waals surface area contributed by atoms with Crippen LogP contribution in [0.2, 0.25) is 0 Å². The number of rotatable bonds is 6. The number of ether oxygens (including phenoxy) is 1. The van der Waals surface area contributed by atoms with E-state index in [1.54, 1.807) is 12.1 Å². The van der Waals surface area contributed by atoms with Gasteiger partial charge in [-0.25, -0.2) is 14.1 Å². The Balaban J connectivity index is 2.02. The number of hydrogen-bond donors (Lipinski definition) is 1. The molecule has 2 aromatic rings. The molecule has 5 nitrogen and oxygen atoms in total. The molecule has 1 aromatic heterocycles. The first-order valence-corrected chi connectivity index (χ1v) is 6.54. The molecule has 20 heavy (non-hydrogen) atoms. The summed E-state index contributed by atoms with van der Waals surface area (Å²) >= 11 is 0. The van der Waals surface area contributed by atoms with Crippen molar-refractivity contribution in [1.82, 2.24) is 14.8 Å². The third-order valence-electron chi connectivity index (χ3n) is 2.84. The van der Waals surface area contributed by atoms with Crippen molar-refractivity contribution in [2.45, 2.75) is 26.9 Å². The first-order valence-electron chi connectivity index (χ1n) is 6.54. The molecule has 0 atom stereocenters. The normalized spacial score (nSPS) is 10.8. The first kappa shape index (κ1) is 14.3. The number of benzene rings is 1. The molecule has 0 spiro atoms. The van der Waals surface area contributed by atoms with Gasteiger partial charge < -0.3 is 10.1 Å². The molecule has 0 saturated heterocycles. The molecule has 2 rings (SSSR count). The summed E-state index contributed by atoms with van der Waals surface area (Å²) in [6.45, 7) is 5.56. The predicted molar refractivity (Wildman–Crippen MR) is 75.1 cm³/mol.